The fraction of sp³-hybridized carbons (Fsp3) is 0.500. The Morgan fingerprint density at radius 3 is 2.88 bits per heavy atom. The average molecular weight is 337 g/mol. The van der Waals surface area contributed by atoms with Gasteiger partial charge >= 0.3 is 5.69 Å². The molecular weight excluding hydrogens is 317 g/mol. The van der Waals surface area contributed by atoms with Crippen LogP contribution in [0.4, 0.5) is 15.8 Å². The fourth-order valence-corrected chi connectivity index (χ4v) is 2.67. The molecule has 1 fully saturated rings. The molecule has 0 aliphatic carbocycles. The van der Waals surface area contributed by atoms with Crippen molar-refractivity contribution in [3.05, 3.63) is 34.1 Å². The van der Waals surface area contributed by atoms with Gasteiger partial charge < -0.3 is 10.2 Å². The van der Waals surface area contributed by atoms with Gasteiger partial charge in [-0.15, -0.1) is 0 Å². The lowest BCUT2D eigenvalue weighted by Crippen LogP contribution is -2.33. The van der Waals surface area contributed by atoms with Crippen LogP contribution in [0.2, 0.25) is 0 Å². The Morgan fingerprint density at radius 1 is 1.46 bits per heavy atom. The number of halogens is 1. The van der Waals surface area contributed by atoms with Crippen LogP contribution in [0, 0.1) is 21.8 Å². The first-order chi connectivity index (χ1) is 11.4. The molecule has 2 amide bonds. The summed E-state index contributed by atoms with van der Waals surface area (Å²) in [6.07, 6.45) is 3.01. The van der Waals surface area contributed by atoms with Crippen molar-refractivity contribution in [1.82, 2.24) is 5.32 Å². The van der Waals surface area contributed by atoms with Gasteiger partial charge in [0, 0.05) is 25.6 Å². The van der Waals surface area contributed by atoms with Crippen LogP contribution >= 0.6 is 0 Å². The summed E-state index contributed by atoms with van der Waals surface area (Å²) in [5, 5.41) is 13.6. The SMILES string of the molecule is CCCCCNC(=O)C1CC(=O)N(c2ccc(F)c([N+](=O)[O-])c2)C1. The van der Waals surface area contributed by atoms with Crippen LogP contribution in [0.3, 0.4) is 0 Å². The number of nitro groups is 1. The molecule has 1 N–H and O–H groups in total. The molecular formula is C16H20FN3O4. The highest BCUT2D eigenvalue weighted by Crippen LogP contribution is 2.29. The molecule has 1 atom stereocenters. The molecule has 1 saturated heterocycles. The van der Waals surface area contributed by atoms with E-state index in [4.69, 9.17) is 0 Å². The normalized spacial score (nSPS) is 17.2. The second kappa shape index (κ2) is 7.85. The number of hydrogen-bond acceptors (Lipinski definition) is 4. The number of nitro benzene ring substituents is 1. The van der Waals surface area contributed by atoms with Crippen molar-refractivity contribution in [2.45, 2.75) is 32.6 Å². The minimum atomic E-state index is -0.958. The molecule has 1 aromatic rings. The zero-order valence-corrected chi connectivity index (χ0v) is 13.5. The van der Waals surface area contributed by atoms with E-state index in [9.17, 15) is 24.1 Å². The van der Waals surface area contributed by atoms with Crippen molar-refractivity contribution in [2.75, 3.05) is 18.0 Å². The van der Waals surface area contributed by atoms with E-state index in [0.29, 0.717) is 6.54 Å². The number of hydrogen-bond donors (Lipinski definition) is 1. The Labute approximate surface area is 139 Å². The van der Waals surface area contributed by atoms with Gasteiger partial charge in [0.1, 0.15) is 0 Å². The Bertz CT molecular complexity index is 650. The summed E-state index contributed by atoms with van der Waals surface area (Å²) in [5.41, 5.74) is -0.456. The van der Waals surface area contributed by atoms with Gasteiger partial charge in [-0.3, -0.25) is 19.7 Å². The lowest BCUT2D eigenvalue weighted by atomic mass is 10.1. The molecule has 0 bridgehead atoms. The molecule has 8 heteroatoms. The Kier molecular flexibility index (Phi) is 5.83. The summed E-state index contributed by atoms with van der Waals surface area (Å²) in [6.45, 7) is 2.78. The smallest absolute Gasteiger partial charge is 0.306 e. The van der Waals surface area contributed by atoms with Gasteiger partial charge in [0.25, 0.3) is 0 Å². The van der Waals surface area contributed by atoms with Crippen LogP contribution in [0.5, 0.6) is 0 Å². The van der Waals surface area contributed by atoms with Gasteiger partial charge in [-0.05, 0) is 18.6 Å². The number of carbonyl (C=O) groups is 2. The Hall–Kier alpha value is -2.51. The number of rotatable bonds is 7. The number of anilines is 1. The molecule has 0 spiro atoms. The molecule has 7 nitrogen and oxygen atoms in total. The van der Waals surface area contributed by atoms with Crippen LogP contribution < -0.4 is 10.2 Å². The third-order valence-electron chi connectivity index (χ3n) is 4.01. The highest BCUT2D eigenvalue weighted by molar-refractivity contribution is 6.00. The Morgan fingerprint density at radius 2 is 2.21 bits per heavy atom. The van der Waals surface area contributed by atoms with Crippen molar-refractivity contribution in [1.29, 1.82) is 0 Å². The first kappa shape index (κ1) is 17.8. The van der Waals surface area contributed by atoms with Crippen molar-refractivity contribution >= 4 is 23.2 Å². The largest absolute Gasteiger partial charge is 0.356 e. The number of nitrogens with one attached hydrogen (secondary N) is 1. The monoisotopic (exact) mass is 337 g/mol. The molecule has 24 heavy (non-hydrogen) atoms. The second-order valence-electron chi connectivity index (χ2n) is 5.80. The highest BCUT2D eigenvalue weighted by atomic mass is 19.1. The van der Waals surface area contributed by atoms with Crippen molar-refractivity contribution < 1.29 is 18.9 Å². The van der Waals surface area contributed by atoms with Crippen LogP contribution in [0.25, 0.3) is 0 Å². The maximum atomic E-state index is 13.4. The topological polar surface area (TPSA) is 92.6 Å². The maximum Gasteiger partial charge on any atom is 0.306 e. The molecule has 2 rings (SSSR count). The molecule has 1 unspecified atom stereocenters. The number of carbonyl (C=O) groups excluding carboxylic acids is 2. The van der Waals surface area contributed by atoms with E-state index < -0.39 is 22.3 Å². The Balaban J connectivity index is 2.03. The lowest BCUT2D eigenvalue weighted by molar-refractivity contribution is -0.387. The standard InChI is InChI=1S/C16H20FN3O4/c1-2-3-4-7-18-16(22)11-8-15(21)19(10-11)12-5-6-13(17)14(9-12)20(23)24/h5-6,9,11H,2-4,7-8,10H2,1H3,(H,18,22). The van der Waals surface area contributed by atoms with E-state index in [0.717, 1.165) is 31.4 Å². The lowest BCUT2D eigenvalue weighted by Gasteiger charge is -2.16. The quantitative estimate of drug-likeness (QED) is 0.470. The predicted molar refractivity (Wildman–Crippen MR) is 86.0 cm³/mol. The highest BCUT2D eigenvalue weighted by Gasteiger charge is 2.35. The average Bonchev–Trinajstić information content (AvgIpc) is 2.93. The van der Waals surface area contributed by atoms with E-state index in [1.54, 1.807) is 0 Å². The molecule has 1 aromatic carbocycles. The van der Waals surface area contributed by atoms with Gasteiger partial charge in [-0.25, -0.2) is 0 Å². The van der Waals surface area contributed by atoms with Gasteiger partial charge in [-0.1, -0.05) is 19.8 Å². The third kappa shape index (κ3) is 4.06. The minimum Gasteiger partial charge on any atom is -0.356 e. The predicted octanol–water partition coefficient (Wildman–Crippen LogP) is 2.39. The van der Waals surface area contributed by atoms with Crippen molar-refractivity contribution in [3.8, 4) is 0 Å². The second-order valence-corrected chi connectivity index (χ2v) is 5.80. The number of amides is 2. The van der Waals surface area contributed by atoms with E-state index in [-0.39, 0.29) is 30.5 Å². The summed E-state index contributed by atoms with van der Waals surface area (Å²) in [6, 6.07) is 3.29. The molecule has 1 aliphatic heterocycles. The van der Waals surface area contributed by atoms with Gasteiger partial charge in [0.05, 0.1) is 16.5 Å². The van der Waals surface area contributed by atoms with Gasteiger partial charge in [-0.2, -0.15) is 4.39 Å². The van der Waals surface area contributed by atoms with Crippen LogP contribution in [-0.2, 0) is 9.59 Å². The summed E-state index contributed by atoms with van der Waals surface area (Å²) in [7, 11) is 0. The summed E-state index contributed by atoms with van der Waals surface area (Å²) in [5.74, 6) is -1.95. The summed E-state index contributed by atoms with van der Waals surface area (Å²) in [4.78, 5) is 35.5. The zero-order chi connectivity index (χ0) is 17.7. The van der Waals surface area contributed by atoms with Crippen LogP contribution in [0.15, 0.2) is 18.2 Å². The van der Waals surface area contributed by atoms with Crippen molar-refractivity contribution in [2.24, 2.45) is 5.92 Å². The summed E-state index contributed by atoms with van der Waals surface area (Å²) >= 11 is 0. The molecule has 130 valence electrons. The van der Waals surface area contributed by atoms with Gasteiger partial charge in [0.15, 0.2) is 0 Å². The van der Waals surface area contributed by atoms with E-state index in [1.165, 1.54) is 11.0 Å². The van der Waals surface area contributed by atoms with Crippen LogP contribution in [-0.4, -0.2) is 29.8 Å². The molecule has 1 aliphatic rings. The molecule has 0 radical (unpaired) electrons. The molecule has 1 heterocycles. The summed E-state index contributed by atoms with van der Waals surface area (Å²) < 4.78 is 13.4. The molecule has 0 saturated carbocycles. The first-order valence-electron chi connectivity index (χ1n) is 7.96. The van der Waals surface area contributed by atoms with Crippen molar-refractivity contribution in [3.63, 3.8) is 0 Å². The first-order valence-corrected chi connectivity index (χ1v) is 7.96. The maximum absolute atomic E-state index is 13.4. The van der Waals surface area contributed by atoms with E-state index >= 15 is 0 Å². The minimum absolute atomic E-state index is 0.0464. The number of nitrogens with zero attached hydrogens (tertiary/aromatic N) is 2. The zero-order valence-electron chi connectivity index (χ0n) is 13.5. The van der Waals surface area contributed by atoms with E-state index in [1.807, 2.05) is 0 Å². The van der Waals surface area contributed by atoms with Gasteiger partial charge in [0.2, 0.25) is 17.6 Å². The third-order valence-corrected chi connectivity index (χ3v) is 4.01. The molecule has 0 aromatic heterocycles. The van der Waals surface area contributed by atoms with E-state index in [2.05, 4.69) is 12.2 Å². The number of benzene rings is 1. The number of unbranched alkanes of at least 4 members (excludes halogenated alkanes) is 2. The van der Waals surface area contributed by atoms with Crippen LogP contribution in [0.1, 0.15) is 32.6 Å². The fourth-order valence-electron chi connectivity index (χ4n) is 2.67.